The molecule has 11 nitrogen and oxygen atoms in total. The number of aryl methyl sites for hydroxylation is 1. The van der Waals surface area contributed by atoms with Gasteiger partial charge < -0.3 is 25.8 Å². The van der Waals surface area contributed by atoms with E-state index in [2.05, 4.69) is 119 Å². The third-order valence-corrected chi connectivity index (χ3v) is 12.5. The summed E-state index contributed by atoms with van der Waals surface area (Å²) in [6.45, 7) is 17.1. The van der Waals surface area contributed by atoms with Gasteiger partial charge in [-0.2, -0.15) is 5.10 Å². The molecule has 0 spiro atoms. The number of benzene rings is 2. The topological polar surface area (TPSA) is 123 Å². The molecule has 1 saturated carbocycles. The second-order valence-corrected chi connectivity index (χ2v) is 17.3. The molecule has 2 aromatic carbocycles. The number of hydrogen-bond donors (Lipinski definition) is 4. The summed E-state index contributed by atoms with van der Waals surface area (Å²) in [5, 5.41) is 15.9. The molecule has 1 aliphatic carbocycles. The normalized spacial score (nSPS) is 19.1. The van der Waals surface area contributed by atoms with Gasteiger partial charge >= 0.3 is 0 Å². The zero-order valence-electron chi connectivity index (χ0n) is 35.0. The second kappa shape index (κ2) is 17.6. The van der Waals surface area contributed by atoms with Crippen LogP contribution < -0.4 is 26.4 Å². The number of anilines is 1. The van der Waals surface area contributed by atoms with E-state index in [1.54, 1.807) is 6.20 Å². The third kappa shape index (κ3) is 8.92. The molecule has 1 amide bonds. The van der Waals surface area contributed by atoms with Gasteiger partial charge in [-0.3, -0.25) is 19.2 Å². The van der Waals surface area contributed by atoms with Crippen LogP contribution in [-0.2, 0) is 19.4 Å². The Labute approximate surface area is 343 Å². The van der Waals surface area contributed by atoms with Gasteiger partial charge in [0.2, 0.25) is 0 Å². The third-order valence-electron chi connectivity index (χ3n) is 12.5. The lowest BCUT2D eigenvalue weighted by Gasteiger charge is -2.37. The largest absolute Gasteiger partial charge is 0.354 e. The minimum absolute atomic E-state index is 0.109. The molecule has 306 valence electrons. The van der Waals surface area contributed by atoms with E-state index in [0.717, 1.165) is 91.2 Å². The first-order valence-corrected chi connectivity index (χ1v) is 21.7. The first-order chi connectivity index (χ1) is 28.1. The van der Waals surface area contributed by atoms with Crippen molar-refractivity contribution in [3.63, 3.8) is 0 Å². The maximum absolute atomic E-state index is 14.1. The quantitative estimate of drug-likeness (QED) is 0.0999. The number of hydrogen-bond acceptors (Lipinski definition) is 8. The predicted octanol–water partition coefficient (Wildman–Crippen LogP) is 6.57. The minimum Gasteiger partial charge on any atom is -0.354 e. The first-order valence-electron chi connectivity index (χ1n) is 21.7. The van der Waals surface area contributed by atoms with Gasteiger partial charge in [0.1, 0.15) is 5.82 Å². The van der Waals surface area contributed by atoms with E-state index in [4.69, 9.17) is 4.98 Å². The second-order valence-electron chi connectivity index (χ2n) is 17.3. The molecule has 3 aliphatic rings. The van der Waals surface area contributed by atoms with E-state index < -0.39 is 0 Å². The van der Waals surface area contributed by atoms with Crippen molar-refractivity contribution in [2.45, 2.75) is 110 Å². The molecule has 2 aliphatic heterocycles. The zero-order valence-corrected chi connectivity index (χ0v) is 35.0. The van der Waals surface area contributed by atoms with Crippen LogP contribution in [0.5, 0.6) is 0 Å². The predicted molar refractivity (Wildman–Crippen MR) is 234 cm³/mol. The van der Waals surface area contributed by atoms with Crippen LogP contribution in [0.4, 0.5) is 5.82 Å². The van der Waals surface area contributed by atoms with Gasteiger partial charge in [-0.15, -0.1) is 0 Å². The fourth-order valence-electron chi connectivity index (χ4n) is 9.01. The number of aromatic amines is 1. The Bertz CT molecular complexity index is 2250. The number of rotatable bonds is 14. The molecule has 0 unspecified atom stereocenters. The van der Waals surface area contributed by atoms with Crippen LogP contribution >= 0.6 is 0 Å². The number of nitrogens with one attached hydrogen (secondary N) is 4. The highest BCUT2D eigenvalue weighted by molar-refractivity contribution is 6.08. The van der Waals surface area contributed by atoms with E-state index in [0.29, 0.717) is 41.6 Å². The van der Waals surface area contributed by atoms with Crippen LogP contribution in [0.15, 0.2) is 71.8 Å². The molecule has 2 saturated heterocycles. The van der Waals surface area contributed by atoms with Crippen LogP contribution in [0.2, 0.25) is 0 Å². The van der Waals surface area contributed by atoms with Gasteiger partial charge in [-0.1, -0.05) is 37.6 Å². The van der Waals surface area contributed by atoms with Crippen molar-refractivity contribution < 1.29 is 4.79 Å². The summed E-state index contributed by atoms with van der Waals surface area (Å²) in [7, 11) is 0. The smallest absolute Gasteiger partial charge is 0.253 e. The Morgan fingerprint density at radius 1 is 0.914 bits per heavy atom. The molecule has 5 heterocycles. The number of H-pyrrole nitrogens is 1. The Hall–Kier alpha value is -4.84. The Kier molecular flexibility index (Phi) is 12.1. The Balaban J connectivity index is 0.963. The van der Waals surface area contributed by atoms with Gasteiger partial charge in [0.05, 0.1) is 17.3 Å². The van der Waals surface area contributed by atoms with Crippen LogP contribution in [0.1, 0.15) is 111 Å². The maximum atomic E-state index is 14.1. The monoisotopic (exact) mass is 783 g/mol. The summed E-state index contributed by atoms with van der Waals surface area (Å²) in [5.41, 5.74) is 8.14. The van der Waals surface area contributed by atoms with Crippen LogP contribution in [0, 0.1) is 0 Å². The molecule has 5 aromatic rings. The maximum Gasteiger partial charge on any atom is 0.253 e. The SMILES string of the molecule is CCCc1cc(Cc2ccc([C@@H]3C[C@H]3NC3CCNCC3)cc2)[nH]c(=O)c1CNC(=O)c1cc(-c2ccc(N3CCN(C(C)C)CC3)nc2)cc2c1cnn2C(C)C. The number of piperazine rings is 1. The molecule has 2 atom stereocenters. The molecule has 3 aromatic heterocycles. The summed E-state index contributed by atoms with van der Waals surface area (Å²) in [6, 6.07) is 21.1. The van der Waals surface area contributed by atoms with Crippen molar-refractivity contribution in [1.82, 2.24) is 40.6 Å². The molecule has 4 N–H and O–H groups in total. The van der Waals surface area contributed by atoms with Crippen LogP contribution in [0.25, 0.3) is 22.0 Å². The van der Waals surface area contributed by atoms with Crippen LogP contribution in [0.3, 0.4) is 0 Å². The van der Waals surface area contributed by atoms with E-state index in [9.17, 15) is 9.59 Å². The number of pyridine rings is 2. The van der Waals surface area contributed by atoms with E-state index in [-0.39, 0.29) is 24.1 Å². The average molecular weight is 784 g/mol. The molecule has 11 heteroatoms. The highest BCUT2D eigenvalue weighted by Gasteiger charge is 2.39. The molecule has 8 rings (SSSR count). The lowest BCUT2D eigenvalue weighted by molar-refractivity contribution is 0.0952. The van der Waals surface area contributed by atoms with E-state index in [1.807, 2.05) is 16.9 Å². The molecule has 0 bridgehead atoms. The summed E-state index contributed by atoms with van der Waals surface area (Å²) < 4.78 is 1.96. The molecule has 58 heavy (non-hydrogen) atoms. The first kappa shape index (κ1) is 40.0. The van der Waals surface area contributed by atoms with E-state index >= 15 is 0 Å². The van der Waals surface area contributed by atoms with Gasteiger partial charge in [0.15, 0.2) is 0 Å². The van der Waals surface area contributed by atoms with Crippen molar-refractivity contribution in [2.24, 2.45) is 0 Å². The average Bonchev–Trinajstić information content (AvgIpc) is 3.85. The van der Waals surface area contributed by atoms with Gasteiger partial charge in [-0.05, 0) is 119 Å². The number of fused-ring (bicyclic) bond motifs is 1. The van der Waals surface area contributed by atoms with Crippen molar-refractivity contribution >= 4 is 22.6 Å². The lowest BCUT2D eigenvalue weighted by Crippen LogP contribution is -2.49. The summed E-state index contributed by atoms with van der Waals surface area (Å²) >= 11 is 0. The van der Waals surface area contributed by atoms with Crippen molar-refractivity contribution in [3.05, 3.63) is 111 Å². The number of aromatic nitrogens is 4. The lowest BCUT2D eigenvalue weighted by atomic mass is 9.99. The number of piperidine rings is 1. The Morgan fingerprint density at radius 2 is 1.69 bits per heavy atom. The standard InChI is InChI=1S/C47H61N9O2/c1-6-7-34-23-38(22-32-8-10-33(11-9-32)39-26-43(39)52-37-14-16-48-17-15-37)53-47(58)41(34)28-50-46(57)40-24-36(25-44-42(40)29-51-56(44)31(4)5)35-12-13-45(49-27-35)55-20-18-54(19-21-55)30(2)3/h8-13,23-25,27,29-31,37,39,43,48,52H,6-7,14-22,26,28H2,1-5H3,(H,50,57)(H,53,58)/t39-,43+/m0/s1. The summed E-state index contributed by atoms with van der Waals surface area (Å²) in [6.07, 6.45) is 9.60. The molecular weight excluding hydrogens is 723 g/mol. The van der Waals surface area contributed by atoms with Crippen molar-refractivity contribution in [3.8, 4) is 11.1 Å². The number of carbonyl (C=O) groups excluding carboxylic acids is 1. The number of nitrogens with zero attached hydrogens (tertiary/aromatic N) is 5. The van der Waals surface area contributed by atoms with Gasteiger partial charge in [0, 0.05) is 97.6 Å². The summed E-state index contributed by atoms with van der Waals surface area (Å²) in [5.74, 6) is 1.32. The molecule has 0 radical (unpaired) electrons. The Morgan fingerprint density at radius 3 is 2.38 bits per heavy atom. The minimum atomic E-state index is -0.238. The number of carbonyl (C=O) groups is 1. The summed E-state index contributed by atoms with van der Waals surface area (Å²) in [4.78, 5) is 40.7. The van der Waals surface area contributed by atoms with Gasteiger partial charge in [0.25, 0.3) is 11.5 Å². The van der Waals surface area contributed by atoms with Gasteiger partial charge in [-0.25, -0.2) is 4.98 Å². The highest BCUT2D eigenvalue weighted by atomic mass is 16.2. The fourth-order valence-corrected chi connectivity index (χ4v) is 9.01. The zero-order chi connectivity index (χ0) is 40.3. The van der Waals surface area contributed by atoms with Crippen molar-refractivity contribution in [2.75, 3.05) is 44.2 Å². The fraction of sp³-hybridized carbons (Fsp3) is 0.489. The molecular formula is C47H61N9O2. The molecule has 3 fully saturated rings. The van der Waals surface area contributed by atoms with E-state index in [1.165, 1.54) is 30.4 Å². The van der Waals surface area contributed by atoms with Crippen molar-refractivity contribution in [1.29, 1.82) is 0 Å². The highest BCUT2D eigenvalue weighted by Crippen LogP contribution is 2.41. The number of amides is 1. The van der Waals surface area contributed by atoms with Crippen LogP contribution in [-0.4, -0.2) is 87.9 Å².